The summed E-state index contributed by atoms with van der Waals surface area (Å²) in [4.78, 5) is 10.6. The Morgan fingerprint density at radius 1 is 1.47 bits per heavy atom. The van der Waals surface area contributed by atoms with E-state index in [1.54, 1.807) is 12.1 Å². The zero-order valence-corrected chi connectivity index (χ0v) is 9.04. The molecule has 0 spiro atoms. The van der Waals surface area contributed by atoms with Crippen LogP contribution in [-0.2, 0) is 11.2 Å². The first-order valence-corrected chi connectivity index (χ1v) is 4.96. The molecule has 2 rings (SSSR count). The van der Waals surface area contributed by atoms with E-state index < -0.39 is 17.5 Å². The van der Waals surface area contributed by atoms with Crippen molar-refractivity contribution in [2.45, 2.75) is 12.3 Å². The number of carbonyl (C=O) groups is 1. The number of ether oxygens (including phenoxy) is 1. The molecule has 0 aromatic heterocycles. The molecule has 1 aliphatic carbocycles. The highest BCUT2D eigenvalue weighted by Crippen LogP contribution is 2.43. The summed E-state index contributed by atoms with van der Waals surface area (Å²) in [6, 6.07) is 4.91. The molecule has 90 valence electrons. The van der Waals surface area contributed by atoms with Crippen molar-refractivity contribution < 1.29 is 23.4 Å². The molecule has 1 aliphatic rings. The van der Waals surface area contributed by atoms with Gasteiger partial charge in [0.1, 0.15) is 5.75 Å². The van der Waals surface area contributed by atoms with Crippen molar-refractivity contribution in [3.8, 4) is 5.75 Å². The van der Waals surface area contributed by atoms with Crippen molar-refractivity contribution in [2.24, 2.45) is 0 Å². The van der Waals surface area contributed by atoms with Crippen molar-refractivity contribution >= 4 is 11.5 Å². The Balaban J connectivity index is 2.56. The lowest BCUT2D eigenvalue weighted by molar-refractivity contribution is -0.156. The Kier molecular flexibility index (Phi) is 2.61. The molecular weight excluding hydrogens is 230 g/mol. The van der Waals surface area contributed by atoms with E-state index in [0.717, 1.165) is 0 Å². The van der Waals surface area contributed by atoms with Gasteiger partial charge in [0.15, 0.2) is 0 Å². The number of halogens is 2. The zero-order valence-electron chi connectivity index (χ0n) is 9.04. The molecule has 0 unspecified atom stereocenters. The standard InChI is InChI=1S/C12H10F2O3/c1-17-9-4-2-3-7-5-6-8(10(7)9)12(13,14)11(15)16/h2-4,6H,5H2,1H3,(H,15,16). The Hall–Kier alpha value is -1.91. The monoisotopic (exact) mass is 240 g/mol. The first-order chi connectivity index (χ1) is 7.98. The van der Waals surface area contributed by atoms with Crippen molar-refractivity contribution in [3.63, 3.8) is 0 Å². The number of rotatable bonds is 3. The van der Waals surface area contributed by atoms with Gasteiger partial charge in [-0.05, 0) is 18.1 Å². The van der Waals surface area contributed by atoms with Gasteiger partial charge in [-0.1, -0.05) is 18.2 Å². The van der Waals surface area contributed by atoms with Gasteiger partial charge in [-0.15, -0.1) is 0 Å². The molecule has 0 atom stereocenters. The molecule has 0 aliphatic heterocycles. The van der Waals surface area contributed by atoms with Crippen molar-refractivity contribution in [1.82, 2.24) is 0 Å². The fourth-order valence-corrected chi connectivity index (χ4v) is 1.94. The summed E-state index contributed by atoms with van der Waals surface area (Å²) in [7, 11) is 1.37. The van der Waals surface area contributed by atoms with Crippen LogP contribution in [0, 0.1) is 0 Å². The molecule has 0 saturated heterocycles. The maximum absolute atomic E-state index is 13.5. The first kappa shape index (κ1) is 11.6. The van der Waals surface area contributed by atoms with Crippen LogP contribution >= 0.6 is 0 Å². The smallest absolute Gasteiger partial charge is 0.379 e. The number of aliphatic carboxylic acids is 1. The van der Waals surface area contributed by atoms with E-state index in [0.29, 0.717) is 12.0 Å². The molecule has 0 bridgehead atoms. The molecule has 1 aromatic carbocycles. The summed E-state index contributed by atoms with van der Waals surface area (Å²) < 4.78 is 32.0. The summed E-state index contributed by atoms with van der Waals surface area (Å²) in [5.41, 5.74) is 0.361. The summed E-state index contributed by atoms with van der Waals surface area (Å²) in [6.07, 6.45) is 1.53. The minimum absolute atomic E-state index is 0.197. The van der Waals surface area contributed by atoms with Crippen molar-refractivity contribution in [1.29, 1.82) is 0 Å². The van der Waals surface area contributed by atoms with Gasteiger partial charge in [-0.25, -0.2) is 4.79 Å². The summed E-state index contributed by atoms with van der Waals surface area (Å²) in [5.74, 6) is -5.77. The average molecular weight is 240 g/mol. The minimum Gasteiger partial charge on any atom is -0.496 e. The first-order valence-electron chi connectivity index (χ1n) is 4.96. The number of carboxylic acid groups (broad SMARTS) is 1. The van der Waals surface area contributed by atoms with E-state index in [-0.39, 0.29) is 11.3 Å². The number of allylic oxidation sites excluding steroid dienone is 1. The molecule has 1 N–H and O–H groups in total. The number of alkyl halides is 2. The van der Waals surface area contributed by atoms with Gasteiger partial charge in [0.2, 0.25) is 0 Å². The maximum Gasteiger partial charge on any atom is 0.379 e. The summed E-state index contributed by atoms with van der Waals surface area (Å²) in [6.45, 7) is 0. The lowest BCUT2D eigenvalue weighted by Gasteiger charge is -2.16. The fraction of sp³-hybridized carbons (Fsp3) is 0.250. The number of fused-ring (bicyclic) bond motifs is 1. The largest absolute Gasteiger partial charge is 0.496 e. The van der Waals surface area contributed by atoms with Crippen LogP contribution in [0.2, 0.25) is 0 Å². The lowest BCUT2D eigenvalue weighted by atomic mass is 10.00. The predicted octanol–water partition coefficient (Wildman–Crippen LogP) is 2.35. The Morgan fingerprint density at radius 3 is 2.76 bits per heavy atom. The number of benzene rings is 1. The maximum atomic E-state index is 13.5. The van der Waals surface area contributed by atoms with Gasteiger partial charge in [-0.2, -0.15) is 8.78 Å². The van der Waals surface area contributed by atoms with E-state index >= 15 is 0 Å². The van der Waals surface area contributed by atoms with E-state index in [4.69, 9.17) is 9.84 Å². The van der Waals surface area contributed by atoms with Crippen LogP contribution in [0.15, 0.2) is 24.3 Å². The number of carboxylic acids is 1. The Bertz CT molecular complexity index is 506. The van der Waals surface area contributed by atoms with Gasteiger partial charge >= 0.3 is 11.9 Å². The van der Waals surface area contributed by atoms with Gasteiger partial charge in [0.25, 0.3) is 0 Å². The molecule has 0 amide bonds. The van der Waals surface area contributed by atoms with Crippen LogP contribution in [0.5, 0.6) is 5.75 Å². The van der Waals surface area contributed by atoms with Gasteiger partial charge in [-0.3, -0.25) is 0 Å². The second-order valence-corrected chi connectivity index (χ2v) is 3.70. The Morgan fingerprint density at radius 2 is 2.18 bits per heavy atom. The minimum atomic E-state index is -3.89. The molecular formula is C12H10F2O3. The van der Waals surface area contributed by atoms with Gasteiger partial charge in [0.05, 0.1) is 7.11 Å². The van der Waals surface area contributed by atoms with Crippen LogP contribution in [-0.4, -0.2) is 24.1 Å². The highest BCUT2D eigenvalue weighted by molar-refractivity contribution is 5.96. The summed E-state index contributed by atoms with van der Waals surface area (Å²) in [5, 5.41) is 8.56. The topological polar surface area (TPSA) is 46.5 Å². The fourth-order valence-electron chi connectivity index (χ4n) is 1.94. The number of hydrogen-bond acceptors (Lipinski definition) is 2. The molecule has 0 heterocycles. The molecule has 0 fully saturated rings. The van der Waals surface area contributed by atoms with Gasteiger partial charge < -0.3 is 9.84 Å². The third kappa shape index (κ3) is 1.67. The zero-order chi connectivity index (χ0) is 12.6. The number of hydrogen-bond donors (Lipinski definition) is 1. The normalized spacial score (nSPS) is 14.2. The quantitative estimate of drug-likeness (QED) is 0.882. The van der Waals surface area contributed by atoms with E-state index in [1.807, 2.05) is 0 Å². The molecule has 17 heavy (non-hydrogen) atoms. The second-order valence-electron chi connectivity index (χ2n) is 3.70. The van der Waals surface area contributed by atoms with Gasteiger partial charge in [0, 0.05) is 11.1 Å². The molecule has 0 radical (unpaired) electrons. The highest BCUT2D eigenvalue weighted by Gasteiger charge is 2.46. The van der Waals surface area contributed by atoms with Crippen LogP contribution in [0.25, 0.3) is 5.57 Å². The van der Waals surface area contributed by atoms with Crippen molar-refractivity contribution in [3.05, 3.63) is 35.4 Å². The van der Waals surface area contributed by atoms with Crippen LogP contribution < -0.4 is 4.74 Å². The van der Waals surface area contributed by atoms with E-state index in [9.17, 15) is 13.6 Å². The molecule has 5 heteroatoms. The van der Waals surface area contributed by atoms with Crippen LogP contribution in [0.3, 0.4) is 0 Å². The molecule has 3 nitrogen and oxygen atoms in total. The second kappa shape index (κ2) is 3.84. The average Bonchev–Trinajstić information content (AvgIpc) is 2.72. The van der Waals surface area contributed by atoms with E-state index in [2.05, 4.69) is 0 Å². The number of methoxy groups -OCH3 is 1. The third-order valence-electron chi connectivity index (χ3n) is 2.73. The molecule has 0 saturated carbocycles. The molecule has 1 aromatic rings. The third-order valence-corrected chi connectivity index (χ3v) is 2.73. The highest BCUT2D eigenvalue weighted by atomic mass is 19.3. The van der Waals surface area contributed by atoms with Crippen LogP contribution in [0.1, 0.15) is 11.1 Å². The lowest BCUT2D eigenvalue weighted by Crippen LogP contribution is -2.29. The summed E-state index contributed by atoms with van der Waals surface area (Å²) >= 11 is 0. The van der Waals surface area contributed by atoms with Crippen LogP contribution in [0.4, 0.5) is 8.78 Å². The Labute approximate surface area is 96.3 Å². The van der Waals surface area contributed by atoms with E-state index in [1.165, 1.54) is 19.3 Å². The van der Waals surface area contributed by atoms with Crippen molar-refractivity contribution in [2.75, 3.05) is 7.11 Å². The predicted molar refractivity (Wildman–Crippen MR) is 57.3 cm³/mol. The SMILES string of the molecule is COc1cccc2c1C(C(F)(F)C(=O)O)=CC2.